The maximum absolute atomic E-state index is 4.29. The number of aromatic nitrogens is 1. The first-order valence-corrected chi connectivity index (χ1v) is 5.64. The van der Waals surface area contributed by atoms with E-state index in [9.17, 15) is 0 Å². The van der Waals surface area contributed by atoms with E-state index in [1.807, 2.05) is 12.4 Å². The summed E-state index contributed by atoms with van der Waals surface area (Å²) in [5, 5.41) is 5.15. The summed E-state index contributed by atoms with van der Waals surface area (Å²) >= 11 is 0. The van der Waals surface area contributed by atoms with Crippen LogP contribution in [0.4, 0.5) is 0 Å². The molecule has 1 nitrogen and oxygen atoms in total. The molecule has 0 bridgehead atoms. The van der Waals surface area contributed by atoms with Crippen molar-refractivity contribution in [3.63, 3.8) is 0 Å². The van der Waals surface area contributed by atoms with Gasteiger partial charge >= 0.3 is 0 Å². The van der Waals surface area contributed by atoms with Gasteiger partial charge in [-0.1, -0.05) is 31.2 Å². The molecule has 0 radical (unpaired) electrons. The average molecular weight is 207 g/mol. The van der Waals surface area contributed by atoms with E-state index in [-0.39, 0.29) is 0 Å². The fraction of sp³-hybridized carbons (Fsp3) is 0.133. The minimum Gasteiger partial charge on any atom is -0.264 e. The molecule has 0 fully saturated rings. The molecule has 1 aromatic heterocycles. The molecule has 0 amide bonds. The lowest BCUT2D eigenvalue weighted by Gasteiger charge is -2.05. The van der Waals surface area contributed by atoms with Gasteiger partial charge in [-0.2, -0.15) is 0 Å². The molecule has 3 aromatic rings. The zero-order chi connectivity index (χ0) is 11.0. The standard InChI is InChI=1S/C15H13N/c1-2-11-9-16-10-14-7-12-5-3-4-6-13(12)8-15(11)14/h3-10H,2H2,1H3. The molecule has 0 unspecified atom stereocenters. The molecule has 0 aliphatic rings. The Kier molecular flexibility index (Phi) is 2.10. The minimum absolute atomic E-state index is 1.03. The van der Waals surface area contributed by atoms with Crippen LogP contribution < -0.4 is 0 Å². The quantitative estimate of drug-likeness (QED) is 0.550. The van der Waals surface area contributed by atoms with E-state index in [0.717, 1.165) is 6.42 Å². The largest absolute Gasteiger partial charge is 0.264 e. The number of nitrogens with zero attached hydrogens (tertiary/aromatic N) is 1. The lowest BCUT2D eigenvalue weighted by atomic mass is 10.0. The van der Waals surface area contributed by atoms with Gasteiger partial charge in [0, 0.05) is 17.8 Å². The normalized spacial score (nSPS) is 11.1. The molecule has 1 heterocycles. The first-order valence-electron chi connectivity index (χ1n) is 5.64. The first kappa shape index (κ1) is 9.34. The Balaban J connectivity index is 2.46. The Morgan fingerprint density at radius 2 is 1.69 bits per heavy atom. The molecular formula is C15H13N. The van der Waals surface area contributed by atoms with Crippen molar-refractivity contribution in [2.24, 2.45) is 0 Å². The number of fused-ring (bicyclic) bond motifs is 2. The molecule has 0 aliphatic heterocycles. The zero-order valence-corrected chi connectivity index (χ0v) is 9.27. The van der Waals surface area contributed by atoms with E-state index in [2.05, 4.69) is 48.3 Å². The van der Waals surface area contributed by atoms with Crippen LogP contribution in [-0.2, 0) is 6.42 Å². The third kappa shape index (κ3) is 1.36. The van der Waals surface area contributed by atoms with E-state index >= 15 is 0 Å². The highest BCUT2D eigenvalue weighted by molar-refractivity contribution is 5.99. The van der Waals surface area contributed by atoms with Crippen LogP contribution in [0.1, 0.15) is 12.5 Å². The Bertz CT molecular complexity index is 656. The van der Waals surface area contributed by atoms with E-state index in [1.54, 1.807) is 0 Å². The predicted octanol–water partition coefficient (Wildman–Crippen LogP) is 3.95. The molecule has 0 N–H and O–H groups in total. The molecule has 2 aromatic carbocycles. The Morgan fingerprint density at radius 3 is 2.44 bits per heavy atom. The maximum atomic E-state index is 4.29. The monoisotopic (exact) mass is 207 g/mol. The van der Waals surface area contributed by atoms with Crippen LogP contribution in [0.3, 0.4) is 0 Å². The van der Waals surface area contributed by atoms with Gasteiger partial charge < -0.3 is 0 Å². The van der Waals surface area contributed by atoms with Crippen molar-refractivity contribution in [2.75, 3.05) is 0 Å². The molecule has 3 rings (SSSR count). The Labute approximate surface area is 94.7 Å². The fourth-order valence-corrected chi connectivity index (χ4v) is 2.20. The van der Waals surface area contributed by atoms with Crippen molar-refractivity contribution < 1.29 is 0 Å². The highest BCUT2D eigenvalue weighted by atomic mass is 14.6. The second-order valence-corrected chi connectivity index (χ2v) is 4.07. The van der Waals surface area contributed by atoms with Crippen molar-refractivity contribution in [2.45, 2.75) is 13.3 Å². The number of hydrogen-bond donors (Lipinski definition) is 0. The molecule has 0 atom stereocenters. The van der Waals surface area contributed by atoms with E-state index < -0.39 is 0 Å². The van der Waals surface area contributed by atoms with Crippen molar-refractivity contribution in [3.05, 3.63) is 54.4 Å². The van der Waals surface area contributed by atoms with Crippen molar-refractivity contribution in [3.8, 4) is 0 Å². The van der Waals surface area contributed by atoms with Gasteiger partial charge in [-0.15, -0.1) is 0 Å². The van der Waals surface area contributed by atoms with Gasteiger partial charge in [-0.3, -0.25) is 4.98 Å². The number of rotatable bonds is 1. The van der Waals surface area contributed by atoms with Gasteiger partial charge in [-0.05, 0) is 40.3 Å². The summed E-state index contributed by atoms with van der Waals surface area (Å²) in [5.74, 6) is 0. The second-order valence-electron chi connectivity index (χ2n) is 4.07. The van der Waals surface area contributed by atoms with Crippen LogP contribution in [0.2, 0.25) is 0 Å². The molecule has 78 valence electrons. The predicted molar refractivity (Wildman–Crippen MR) is 68.6 cm³/mol. The van der Waals surface area contributed by atoms with Crippen molar-refractivity contribution in [1.29, 1.82) is 0 Å². The molecule has 1 heteroatoms. The minimum atomic E-state index is 1.03. The van der Waals surface area contributed by atoms with Crippen LogP contribution in [0.5, 0.6) is 0 Å². The van der Waals surface area contributed by atoms with Gasteiger partial charge in [0.05, 0.1) is 0 Å². The number of pyridine rings is 1. The highest BCUT2D eigenvalue weighted by Crippen LogP contribution is 2.24. The van der Waals surface area contributed by atoms with Crippen LogP contribution in [0, 0.1) is 0 Å². The average Bonchev–Trinajstić information content (AvgIpc) is 2.35. The van der Waals surface area contributed by atoms with Crippen molar-refractivity contribution >= 4 is 21.5 Å². The molecular weight excluding hydrogens is 194 g/mol. The van der Waals surface area contributed by atoms with Crippen molar-refractivity contribution in [1.82, 2.24) is 4.98 Å². The molecule has 0 spiro atoms. The summed E-state index contributed by atoms with van der Waals surface area (Å²) in [6.07, 6.45) is 4.95. The topological polar surface area (TPSA) is 12.9 Å². The van der Waals surface area contributed by atoms with Gasteiger partial charge in [-0.25, -0.2) is 0 Å². The van der Waals surface area contributed by atoms with E-state index in [4.69, 9.17) is 0 Å². The maximum Gasteiger partial charge on any atom is 0.0346 e. The third-order valence-corrected chi connectivity index (χ3v) is 3.09. The lowest BCUT2D eigenvalue weighted by Crippen LogP contribution is -1.86. The number of benzene rings is 2. The van der Waals surface area contributed by atoms with E-state index in [0.29, 0.717) is 0 Å². The fourth-order valence-electron chi connectivity index (χ4n) is 2.20. The number of hydrogen-bond acceptors (Lipinski definition) is 1. The van der Waals surface area contributed by atoms with Gasteiger partial charge in [0.25, 0.3) is 0 Å². The molecule has 0 saturated heterocycles. The lowest BCUT2D eigenvalue weighted by molar-refractivity contribution is 1.13. The summed E-state index contributed by atoms with van der Waals surface area (Å²) < 4.78 is 0. The van der Waals surface area contributed by atoms with Gasteiger partial charge in [0.2, 0.25) is 0 Å². The van der Waals surface area contributed by atoms with E-state index in [1.165, 1.54) is 27.1 Å². The van der Waals surface area contributed by atoms with Crippen LogP contribution in [0.15, 0.2) is 48.8 Å². The molecule has 0 aliphatic carbocycles. The van der Waals surface area contributed by atoms with Gasteiger partial charge in [0.15, 0.2) is 0 Å². The first-order chi connectivity index (χ1) is 7.88. The molecule has 0 saturated carbocycles. The zero-order valence-electron chi connectivity index (χ0n) is 9.27. The summed E-state index contributed by atoms with van der Waals surface area (Å²) in [5.41, 5.74) is 1.32. The molecule has 16 heavy (non-hydrogen) atoms. The summed E-state index contributed by atoms with van der Waals surface area (Å²) in [6, 6.07) is 13.0. The van der Waals surface area contributed by atoms with Crippen LogP contribution >= 0.6 is 0 Å². The second kappa shape index (κ2) is 3.60. The van der Waals surface area contributed by atoms with Crippen LogP contribution in [0.25, 0.3) is 21.5 Å². The Morgan fingerprint density at radius 1 is 0.938 bits per heavy atom. The van der Waals surface area contributed by atoms with Crippen LogP contribution in [-0.4, -0.2) is 4.98 Å². The highest BCUT2D eigenvalue weighted by Gasteiger charge is 2.01. The summed E-state index contributed by atoms with van der Waals surface area (Å²) in [6.45, 7) is 2.17. The van der Waals surface area contributed by atoms with Gasteiger partial charge in [0.1, 0.15) is 0 Å². The SMILES string of the molecule is CCc1cncc2cc3ccccc3cc12. The Hall–Kier alpha value is -1.89. The third-order valence-electron chi connectivity index (χ3n) is 3.09. The smallest absolute Gasteiger partial charge is 0.0346 e. The summed E-state index contributed by atoms with van der Waals surface area (Å²) in [7, 11) is 0. The number of aryl methyl sites for hydroxylation is 1. The summed E-state index contributed by atoms with van der Waals surface area (Å²) in [4.78, 5) is 4.29.